The van der Waals surface area contributed by atoms with E-state index in [-0.39, 0.29) is 100 Å². The zero-order chi connectivity index (χ0) is 145. The van der Waals surface area contributed by atoms with Gasteiger partial charge in [0.1, 0.15) is 98.7 Å². The molecule has 8 saturated heterocycles. The molecule has 0 saturated carbocycles. The maximum absolute atomic E-state index is 11.3. The summed E-state index contributed by atoms with van der Waals surface area (Å²) in [6.07, 6.45) is -22.3. The fourth-order valence-corrected chi connectivity index (χ4v) is 9.96. The lowest BCUT2D eigenvalue weighted by atomic mass is 10.1. The van der Waals surface area contributed by atoms with Gasteiger partial charge in [0, 0.05) is 32.9 Å². The van der Waals surface area contributed by atoms with Crippen LogP contribution in [-0.4, -0.2) is 202 Å². The molecule has 0 spiro atoms. The molecule has 8 amide bonds. The number of ether oxygens (including phenoxy) is 16. The predicted octanol–water partition coefficient (Wildman–Crippen LogP) is 14.3. The lowest BCUT2D eigenvalue weighted by Gasteiger charge is -2.11. The van der Waals surface area contributed by atoms with Crippen molar-refractivity contribution in [3.05, 3.63) is 234 Å². The van der Waals surface area contributed by atoms with Crippen LogP contribution in [0.25, 0.3) is 0 Å². The van der Waals surface area contributed by atoms with E-state index in [9.17, 15) is 38.4 Å². The fourth-order valence-electron chi connectivity index (χ4n) is 9.96. The summed E-state index contributed by atoms with van der Waals surface area (Å²) in [6.45, 7) is -41.5. The van der Waals surface area contributed by atoms with E-state index in [0.717, 1.165) is 58.7 Å². The van der Waals surface area contributed by atoms with Crippen molar-refractivity contribution in [3.63, 3.8) is 0 Å². The van der Waals surface area contributed by atoms with E-state index < -0.39 is 325 Å². The minimum absolute atomic E-state index is 0.0165. The highest BCUT2D eigenvalue weighted by atomic mass is 16.6. The first-order valence-corrected chi connectivity index (χ1v) is 36.7. The first-order chi connectivity index (χ1) is 85.0. The van der Waals surface area contributed by atoms with Gasteiger partial charge in [0.25, 0.3) is 0 Å². The molecule has 8 atom stereocenters. The van der Waals surface area contributed by atoms with Gasteiger partial charge in [-0.3, -0.25) is 0 Å². The standard InChI is InChI=1S/8C12H15NO3/c8*1-8-3-9(2)5-10(4-8)15-7-11-6-13-12(14)16-11/h8*3-5,11H,6-7H2,1-2H3,(H,13,14)/i1D3,2D3,3D,4D,5D,6D2,7D2;1D3,2D3,3D,4D,5D,6D2;3D,4D,5D,6D2,7D2;3D,4D,5D,6D2;1D3,2D3,6D2,7D2;1D3,2D3,6D2;6D2,11D;6D2,7D2. The zero-order valence-corrected chi connectivity index (χ0v) is 68.1. The van der Waals surface area contributed by atoms with Crippen LogP contribution in [0.2, 0.25) is 0 Å². The highest BCUT2D eigenvalue weighted by molar-refractivity contribution is 5.72. The van der Waals surface area contributed by atoms with Crippen molar-refractivity contribution < 1.29 is 198 Å². The van der Waals surface area contributed by atoms with Gasteiger partial charge in [-0.15, -0.1) is 0 Å². The molecule has 128 heavy (non-hydrogen) atoms. The van der Waals surface area contributed by atoms with Crippen LogP contribution < -0.4 is 80.4 Å². The second-order valence-corrected chi connectivity index (χ2v) is 25.8. The van der Waals surface area contributed by atoms with E-state index in [1.165, 1.54) is 13.8 Å². The molecule has 8 unspecified atom stereocenters. The van der Waals surface area contributed by atoms with Gasteiger partial charge >= 0.3 is 48.7 Å². The average Bonchev–Trinajstić information content (AvgIpc) is 1.57. The molecule has 688 valence electrons. The summed E-state index contributed by atoms with van der Waals surface area (Å²) in [5, 5.41) is 15.0. The Hall–Kier alpha value is -13.7. The monoisotopic (exact) mass is 1830 g/mol. The van der Waals surface area contributed by atoms with Gasteiger partial charge in [-0.1, -0.05) is 48.4 Å². The van der Waals surface area contributed by atoms with Crippen molar-refractivity contribution in [1.82, 2.24) is 42.5 Å². The van der Waals surface area contributed by atoms with Crippen molar-refractivity contribution >= 4 is 48.7 Å². The minimum atomic E-state index is -3.24. The second-order valence-electron chi connectivity index (χ2n) is 25.8. The average molecular weight is 1830 g/mol. The molecule has 8 heterocycles. The number of alkyl carbamates (subject to hydrolysis) is 8. The molecule has 8 fully saturated rings. The number of nitrogens with one attached hydrogen (secondary N) is 8. The van der Waals surface area contributed by atoms with Crippen LogP contribution in [0.4, 0.5) is 38.4 Å². The van der Waals surface area contributed by atoms with Crippen LogP contribution in [-0.2, 0) is 37.9 Å². The third-order valence-electron chi connectivity index (χ3n) is 14.6. The summed E-state index contributed by atoms with van der Waals surface area (Å²) in [5.41, 5.74) is -0.209. The van der Waals surface area contributed by atoms with Gasteiger partial charge in [-0.2, -0.15) is 0 Å². The smallest absolute Gasteiger partial charge is 0.407 e. The first kappa shape index (κ1) is 43.7. The highest BCUT2D eigenvalue weighted by Crippen LogP contribution is 2.25. The molecular weight excluding hydrogens is 1650 g/mol. The summed E-state index contributed by atoms with van der Waals surface area (Å²) in [6, 6.07) is 10.0. The summed E-state index contributed by atoms with van der Waals surface area (Å²) < 4.78 is 544. The molecule has 8 aromatic rings. The largest absolute Gasteiger partial charge is 0.490 e. The Kier molecular flexibility index (Phi) is 16.8. The lowest BCUT2D eigenvalue weighted by Crippen LogP contribution is -2.21. The molecule has 0 radical (unpaired) electrons. The minimum Gasteiger partial charge on any atom is -0.490 e. The Balaban J connectivity index is 0.000000235. The number of aryl methyl sites for hydroxylation is 8. The molecule has 8 aromatic carbocycles. The third-order valence-corrected chi connectivity index (χ3v) is 14.6. The van der Waals surface area contributed by atoms with Crippen molar-refractivity contribution in [2.75, 3.05) is 105 Å². The molecule has 8 N–H and O–H groups in total. The van der Waals surface area contributed by atoms with E-state index in [4.69, 9.17) is 131 Å². The molecule has 0 aliphatic carbocycles. The molecular formula is C96H120N8O24. The summed E-state index contributed by atoms with van der Waals surface area (Å²) in [7, 11) is 0. The van der Waals surface area contributed by atoms with Gasteiger partial charge < -0.3 is 118 Å². The fraction of sp³-hybridized carbons (Fsp3) is 0.417. The molecule has 0 aromatic heterocycles. The normalized spacial score (nSPS) is 31.1. The Labute approximate surface area is 833 Å². The van der Waals surface area contributed by atoms with Gasteiger partial charge in [0.05, 0.1) is 103 Å². The van der Waals surface area contributed by atoms with E-state index in [1.54, 1.807) is 48.7 Å². The van der Waals surface area contributed by atoms with Crippen molar-refractivity contribution in [1.29, 1.82) is 0 Å². The quantitative estimate of drug-likeness (QED) is 0.0260. The Morgan fingerprint density at radius 2 is 0.445 bits per heavy atom. The van der Waals surface area contributed by atoms with Crippen molar-refractivity contribution in [2.45, 2.75) is 159 Å². The lowest BCUT2D eigenvalue weighted by molar-refractivity contribution is 0.104. The molecule has 32 nitrogen and oxygen atoms in total. The van der Waals surface area contributed by atoms with E-state index in [2.05, 4.69) is 28.4 Å². The number of amides is 8. The maximum atomic E-state index is 11.3. The van der Waals surface area contributed by atoms with E-state index >= 15 is 0 Å². The van der Waals surface area contributed by atoms with Crippen LogP contribution in [0.5, 0.6) is 46.0 Å². The van der Waals surface area contributed by atoms with Gasteiger partial charge in [0.2, 0.25) is 0 Å². The van der Waals surface area contributed by atoms with Crippen molar-refractivity contribution in [2.24, 2.45) is 0 Å². The zero-order valence-electron chi connectivity index (χ0n) is 129. The summed E-state index contributed by atoms with van der Waals surface area (Å²) in [4.78, 5) is 89.0. The number of rotatable bonds is 24. The van der Waals surface area contributed by atoms with E-state index in [1.807, 2.05) is 71.7 Å². The third kappa shape index (κ3) is 36.9. The first-order valence-electron chi connectivity index (χ1n) is 67.2. The van der Waals surface area contributed by atoms with Gasteiger partial charge in [-0.05, 0) is 296 Å². The number of carbonyl (C=O) groups excluding carboxylic acids is 8. The molecule has 16 rings (SSSR count). The molecule has 8 aliphatic heterocycles. The van der Waals surface area contributed by atoms with Gasteiger partial charge in [0.15, 0.2) is 48.8 Å². The number of hydrogen-bond donors (Lipinski definition) is 8. The van der Waals surface area contributed by atoms with E-state index in [0.29, 0.717) is 16.9 Å². The maximum Gasteiger partial charge on any atom is 0.407 e. The van der Waals surface area contributed by atoms with Crippen LogP contribution in [0.15, 0.2) is 145 Å². The second kappa shape index (κ2) is 49.3. The highest BCUT2D eigenvalue weighted by Gasteiger charge is 2.30. The SMILES string of the molecule is [2H]C([2H])([2H])c1cc(OC([2H])([2H])C2OC(=O)NC2([2H])[2H])cc(C([2H])([2H])[2H])c1.[2H]C([2H])([2H])c1cc(OCC2OC(=O)NC2([2H])[2H])cc(C([2H])([2H])[2H])c1.[2H]C1([2H])NC(=O)OC1([2H])COc1cc(C)cc(C)c1.[2H]C1([2H])NC(=O)OC1C([2H])([2H])Oc1cc(C)cc(C)c1.[2H]c1c(C)c([2H])c(OC([2H])([2H])C2OC(=O)NC2([2H])[2H])c([2H])c1C.[2H]c1c(C)c([2H])c(OCC2OC(=O)NC2([2H])[2H])c([2H])c1C.[2H]c1c(OC([2H])([2H])C2OC(=O)NC2([2H])[2H])c([2H])c(C([2H])([2H])[2H])c([2H])c1C([2H])([2H])[2H].[2H]c1c(OCC2OC(=O)NC2([2H])[2H])c([2H])c(C([2H])([2H])[2H])c([2H])c1C([2H])([2H])[2H]. The molecule has 32 heteroatoms. The number of carbonyl (C=O) groups is 8. The van der Waals surface area contributed by atoms with Gasteiger partial charge in [-0.25, -0.2) is 38.4 Å². The number of cyclic esters (lactones) is 8. The van der Waals surface area contributed by atoms with Crippen LogP contribution >= 0.6 is 0 Å². The number of benzene rings is 8. The topological polar surface area (TPSA) is 380 Å². The van der Waals surface area contributed by atoms with Crippen molar-refractivity contribution in [3.8, 4) is 46.0 Å². The Morgan fingerprint density at radius 1 is 0.250 bits per heavy atom. The van der Waals surface area contributed by atoms with Crippen LogP contribution in [0.3, 0.4) is 0 Å². The Bertz CT molecular complexity index is 7810. The van der Waals surface area contributed by atoms with Crippen LogP contribution in [0, 0.1) is 110 Å². The summed E-state index contributed by atoms with van der Waals surface area (Å²) >= 11 is 0. The van der Waals surface area contributed by atoms with Crippen LogP contribution in [0.1, 0.15) is 173 Å². The number of hydrogen-bond acceptors (Lipinski definition) is 24. The Morgan fingerprint density at radius 3 is 0.695 bits per heavy atom. The molecule has 8 aliphatic rings. The summed E-state index contributed by atoms with van der Waals surface area (Å²) in [5.74, 6) is -2.10. The molecule has 0 bridgehead atoms. The predicted molar refractivity (Wildman–Crippen MR) is 477 cm³/mol.